The maximum atomic E-state index is 14.2. The molecule has 0 aliphatic heterocycles. The number of hydrogen-bond donors (Lipinski definition) is 4. The molecule has 0 fully saturated rings. The van der Waals surface area contributed by atoms with Crippen LogP contribution in [-0.4, -0.2) is 40.6 Å². The van der Waals surface area contributed by atoms with E-state index in [1.165, 1.54) is 36.4 Å². The van der Waals surface area contributed by atoms with Crippen LogP contribution in [0.2, 0.25) is 5.02 Å². The zero-order chi connectivity index (χ0) is 37.9. The highest BCUT2D eigenvalue weighted by molar-refractivity contribution is 6.30. The smallest absolute Gasteiger partial charge is 0.245 e. The predicted molar refractivity (Wildman–Crippen MR) is 188 cm³/mol. The SMILES string of the molecule is Cc1ccc(Nc2nc3nonc3nc2Nc2ccc(Cl)cc2F)c(F)c1.Cc1ccc(Nc2nc3nonc3nc2Nc2ccc(F)cc2F)c(F)c1. The van der Waals surface area contributed by atoms with Crippen molar-refractivity contribution in [1.29, 1.82) is 0 Å². The summed E-state index contributed by atoms with van der Waals surface area (Å²) in [5, 5.41) is 25.8. The third kappa shape index (κ3) is 7.89. The summed E-state index contributed by atoms with van der Waals surface area (Å²) in [6, 6.07) is 16.4. The average Bonchev–Trinajstić information content (AvgIpc) is 3.79. The van der Waals surface area contributed by atoms with Gasteiger partial charge < -0.3 is 21.3 Å². The van der Waals surface area contributed by atoms with E-state index in [0.29, 0.717) is 0 Å². The number of halogens is 6. The Morgan fingerprint density at radius 2 is 0.778 bits per heavy atom. The van der Waals surface area contributed by atoms with Crippen LogP contribution in [0, 0.1) is 42.9 Å². The van der Waals surface area contributed by atoms with E-state index in [0.717, 1.165) is 29.3 Å². The van der Waals surface area contributed by atoms with Crippen LogP contribution in [0.25, 0.3) is 22.6 Å². The van der Waals surface area contributed by atoms with Gasteiger partial charge in [0.25, 0.3) is 0 Å². The maximum absolute atomic E-state index is 14.2. The van der Waals surface area contributed by atoms with E-state index in [9.17, 15) is 22.0 Å². The minimum Gasteiger partial charge on any atom is -0.335 e. The lowest BCUT2D eigenvalue weighted by Gasteiger charge is -2.13. The number of benzene rings is 4. The van der Waals surface area contributed by atoms with Crippen LogP contribution in [0.1, 0.15) is 11.1 Å². The van der Waals surface area contributed by atoms with E-state index >= 15 is 0 Å². The molecule has 0 saturated heterocycles. The van der Waals surface area contributed by atoms with E-state index in [2.05, 4.69) is 71.1 Å². The number of nitrogens with one attached hydrogen (secondary N) is 4. The molecule has 8 aromatic rings. The third-order valence-corrected chi connectivity index (χ3v) is 7.59. The first-order chi connectivity index (χ1) is 26.0. The Labute approximate surface area is 304 Å². The summed E-state index contributed by atoms with van der Waals surface area (Å²) < 4.78 is 78.8. The molecule has 0 atom stereocenters. The molecule has 54 heavy (non-hydrogen) atoms. The number of aryl methyl sites for hydroxylation is 2. The molecule has 4 aromatic carbocycles. The van der Waals surface area contributed by atoms with E-state index in [-0.39, 0.29) is 73.6 Å². The van der Waals surface area contributed by atoms with Crippen LogP contribution in [0.15, 0.2) is 82.1 Å². The number of fused-ring (bicyclic) bond motifs is 2. The molecular formula is C34H22ClF5N12O2. The number of anilines is 8. The predicted octanol–water partition coefficient (Wildman–Crippen LogP) is 8.97. The summed E-state index contributed by atoms with van der Waals surface area (Å²) in [5.41, 5.74) is 2.25. The van der Waals surface area contributed by atoms with E-state index in [1.807, 2.05) is 0 Å². The van der Waals surface area contributed by atoms with Crippen LogP contribution >= 0.6 is 11.6 Å². The van der Waals surface area contributed by atoms with E-state index in [1.54, 1.807) is 32.0 Å². The van der Waals surface area contributed by atoms with E-state index < -0.39 is 29.1 Å². The minimum absolute atomic E-state index is 0.0312. The molecule has 0 saturated carbocycles. The van der Waals surface area contributed by atoms with Crippen molar-refractivity contribution in [3.63, 3.8) is 0 Å². The summed E-state index contributed by atoms with van der Waals surface area (Å²) in [7, 11) is 0. The van der Waals surface area contributed by atoms with Crippen molar-refractivity contribution in [2.24, 2.45) is 0 Å². The summed E-state index contributed by atoms with van der Waals surface area (Å²) in [6.07, 6.45) is 0. The molecular weight excluding hydrogens is 739 g/mol. The van der Waals surface area contributed by atoms with Gasteiger partial charge in [-0.15, -0.1) is 0 Å². The summed E-state index contributed by atoms with van der Waals surface area (Å²) in [6.45, 7) is 3.53. The lowest BCUT2D eigenvalue weighted by molar-refractivity contribution is 0.314. The lowest BCUT2D eigenvalue weighted by Crippen LogP contribution is -2.05. The highest BCUT2D eigenvalue weighted by Gasteiger charge is 2.18. The van der Waals surface area contributed by atoms with Gasteiger partial charge in [0.05, 0.1) is 22.7 Å². The van der Waals surface area contributed by atoms with Crippen molar-refractivity contribution < 1.29 is 31.2 Å². The number of hydrogen-bond acceptors (Lipinski definition) is 14. The summed E-state index contributed by atoms with van der Waals surface area (Å²) in [4.78, 5) is 16.8. The largest absolute Gasteiger partial charge is 0.335 e. The second-order valence-corrected chi connectivity index (χ2v) is 11.8. The van der Waals surface area contributed by atoms with Gasteiger partial charge in [-0.25, -0.2) is 51.1 Å². The van der Waals surface area contributed by atoms with Crippen molar-refractivity contribution in [1.82, 2.24) is 40.6 Å². The van der Waals surface area contributed by atoms with Crippen molar-refractivity contribution in [3.8, 4) is 0 Å². The third-order valence-electron chi connectivity index (χ3n) is 7.35. The normalized spacial score (nSPS) is 11.0. The average molecular weight is 761 g/mol. The lowest BCUT2D eigenvalue weighted by atomic mass is 10.2. The molecule has 0 unspecified atom stereocenters. The molecule has 0 aliphatic rings. The topological polar surface area (TPSA) is 178 Å². The van der Waals surface area contributed by atoms with Crippen molar-refractivity contribution in [2.45, 2.75) is 13.8 Å². The Hall–Kier alpha value is -7.02. The minimum atomic E-state index is -0.831. The van der Waals surface area contributed by atoms with Gasteiger partial charge >= 0.3 is 0 Å². The van der Waals surface area contributed by atoms with Gasteiger partial charge in [-0.1, -0.05) is 23.7 Å². The summed E-state index contributed by atoms with van der Waals surface area (Å²) in [5.74, 6) is -2.80. The molecule has 0 aliphatic carbocycles. The van der Waals surface area contributed by atoms with Crippen LogP contribution in [0.4, 0.5) is 68.0 Å². The molecule has 20 heteroatoms. The molecule has 8 rings (SSSR count). The highest BCUT2D eigenvalue weighted by atomic mass is 35.5. The fourth-order valence-corrected chi connectivity index (χ4v) is 4.92. The second-order valence-electron chi connectivity index (χ2n) is 11.4. The van der Waals surface area contributed by atoms with Gasteiger partial charge in [0, 0.05) is 11.1 Å². The number of rotatable bonds is 8. The molecule has 0 bridgehead atoms. The van der Waals surface area contributed by atoms with Crippen LogP contribution in [-0.2, 0) is 0 Å². The van der Waals surface area contributed by atoms with Crippen molar-refractivity contribution in [2.75, 3.05) is 21.3 Å². The molecule has 0 amide bonds. The molecule has 0 radical (unpaired) electrons. The first-order valence-corrected chi connectivity index (χ1v) is 15.9. The second kappa shape index (κ2) is 14.9. The Morgan fingerprint density at radius 1 is 0.444 bits per heavy atom. The van der Waals surface area contributed by atoms with Crippen molar-refractivity contribution in [3.05, 3.63) is 118 Å². The summed E-state index contributed by atoms with van der Waals surface area (Å²) >= 11 is 5.77. The zero-order valence-corrected chi connectivity index (χ0v) is 28.3. The zero-order valence-electron chi connectivity index (χ0n) is 27.6. The Bertz CT molecular complexity index is 2300. The molecule has 4 N–H and O–H groups in total. The first kappa shape index (κ1) is 35.4. The standard InChI is InChI=1S/C17H11ClF2N6O.C17H11F3N6O/c2*1-8-2-4-12(10(19)6-8)21-14-15(24-17-16(23-14)25-27-26-17)22-13-5-3-9(18)7-11(13)20/h2*2-7H,1H3,(H,21,23,25)(H,22,24,26). The van der Waals surface area contributed by atoms with Crippen LogP contribution in [0.3, 0.4) is 0 Å². The van der Waals surface area contributed by atoms with Gasteiger partial charge in [-0.3, -0.25) is 0 Å². The molecule has 4 heterocycles. The highest BCUT2D eigenvalue weighted by Crippen LogP contribution is 2.31. The van der Waals surface area contributed by atoms with Gasteiger partial charge in [0.15, 0.2) is 23.3 Å². The van der Waals surface area contributed by atoms with E-state index in [4.69, 9.17) is 11.6 Å². The monoisotopic (exact) mass is 760 g/mol. The quantitative estimate of drug-likeness (QED) is 0.108. The Kier molecular flexibility index (Phi) is 9.77. The molecule has 0 spiro atoms. The number of aromatic nitrogens is 8. The molecule has 272 valence electrons. The fourth-order valence-electron chi connectivity index (χ4n) is 4.76. The first-order valence-electron chi connectivity index (χ1n) is 15.5. The Morgan fingerprint density at radius 3 is 1.13 bits per heavy atom. The molecule has 14 nitrogen and oxygen atoms in total. The van der Waals surface area contributed by atoms with Crippen LogP contribution < -0.4 is 21.3 Å². The van der Waals surface area contributed by atoms with Gasteiger partial charge in [-0.2, -0.15) is 0 Å². The molecule has 4 aromatic heterocycles. The number of nitrogens with zero attached hydrogens (tertiary/aromatic N) is 8. The van der Waals surface area contributed by atoms with Gasteiger partial charge in [0.1, 0.15) is 29.1 Å². The fraction of sp³-hybridized carbons (Fsp3) is 0.0588. The van der Waals surface area contributed by atoms with Crippen LogP contribution in [0.5, 0.6) is 0 Å². The maximum Gasteiger partial charge on any atom is 0.245 e. The van der Waals surface area contributed by atoms with Gasteiger partial charge in [-0.05, 0) is 100 Å². The van der Waals surface area contributed by atoms with Crippen molar-refractivity contribution >= 4 is 80.2 Å². The Balaban J connectivity index is 0.000000167. The van der Waals surface area contributed by atoms with Gasteiger partial charge in [0.2, 0.25) is 22.6 Å².